The number of likely N-dealkylation sites (tertiary alicyclic amines) is 1. The van der Waals surface area contributed by atoms with Crippen LogP contribution in [0.4, 0.5) is 4.79 Å². The van der Waals surface area contributed by atoms with Gasteiger partial charge in [0.25, 0.3) is 0 Å². The molecule has 1 aromatic rings. The van der Waals surface area contributed by atoms with E-state index in [9.17, 15) is 14.7 Å². The molecule has 2 rings (SSSR count). The van der Waals surface area contributed by atoms with E-state index in [2.05, 4.69) is 10.5 Å². The van der Waals surface area contributed by atoms with E-state index < -0.39 is 24.1 Å². The highest BCUT2D eigenvalue weighted by Gasteiger charge is 2.38. The first-order chi connectivity index (χ1) is 8.58. The molecule has 1 aliphatic heterocycles. The third-order valence-corrected chi connectivity index (χ3v) is 2.73. The maximum atomic E-state index is 11.8. The van der Waals surface area contributed by atoms with Crippen LogP contribution in [-0.2, 0) is 11.3 Å². The summed E-state index contributed by atoms with van der Waals surface area (Å²) < 4.78 is 4.79. The van der Waals surface area contributed by atoms with Gasteiger partial charge in [0, 0.05) is 19.0 Å². The number of β-amino-alcohol motifs (C(OH)–C–C–N with tert-alkyl or cyclic N) is 1. The van der Waals surface area contributed by atoms with Crippen molar-refractivity contribution in [2.24, 2.45) is 0 Å². The number of carboxylic acid groups (broad SMARTS) is 1. The molecule has 1 saturated heterocycles. The second kappa shape index (κ2) is 5.05. The predicted octanol–water partition coefficient (Wildman–Crippen LogP) is -0.596. The average molecular weight is 255 g/mol. The highest BCUT2D eigenvalue weighted by molar-refractivity contribution is 5.83. The number of urea groups is 1. The van der Waals surface area contributed by atoms with Crippen molar-refractivity contribution in [3.05, 3.63) is 18.0 Å². The molecule has 0 unspecified atom stereocenters. The first-order valence-corrected chi connectivity index (χ1v) is 5.43. The number of aliphatic hydroxyl groups excluding tert-OH is 1. The van der Waals surface area contributed by atoms with Gasteiger partial charge >= 0.3 is 12.0 Å². The van der Waals surface area contributed by atoms with E-state index in [1.807, 2.05) is 0 Å². The number of rotatable bonds is 3. The Bertz CT molecular complexity index is 433. The van der Waals surface area contributed by atoms with Gasteiger partial charge in [-0.15, -0.1) is 0 Å². The number of carboxylic acids is 1. The summed E-state index contributed by atoms with van der Waals surface area (Å²) in [7, 11) is 0. The van der Waals surface area contributed by atoms with Crippen molar-refractivity contribution in [1.82, 2.24) is 15.4 Å². The molecule has 1 aliphatic rings. The summed E-state index contributed by atoms with van der Waals surface area (Å²) >= 11 is 0. The van der Waals surface area contributed by atoms with Gasteiger partial charge in [-0.25, -0.2) is 9.59 Å². The minimum Gasteiger partial charge on any atom is -0.480 e. The van der Waals surface area contributed by atoms with Crippen molar-refractivity contribution >= 4 is 12.0 Å². The molecule has 3 N–H and O–H groups in total. The van der Waals surface area contributed by atoms with Crippen LogP contribution < -0.4 is 5.32 Å². The summed E-state index contributed by atoms with van der Waals surface area (Å²) in [6.45, 7) is 0.136. The molecule has 2 heterocycles. The summed E-state index contributed by atoms with van der Waals surface area (Å²) in [5.41, 5.74) is 0. The van der Waals surface area contributed by atoms with Crippen molar-refractivity contribution in [3.8, 4) is 0 Å². The van der Waals surface area contributed by atoms with Crippen LogP contribution in [0.5, 0.6) is 0 Å². The summed E-state index contributed by atoms with van der Waals surface area (Å²) in [5, 5.41) is 24.3. The fourth-order valence-electron chi connectivity index (χ4n) is 1.87. The smallest absolute Gasteiger partial charge is 0.326 e. The summed E-state index contributed by atoms with van der Waals surface area (Å²) in [5.74, 6) is -0.656. The van der Waals surface area contributed by atoms with E-state index in [1.165, 1.54) is 6.20 Å². The van der Waals surface area contributed by atoms with Crippen molar-refractivity contribution in [1.29, 1.82) is 0 Å². The van der Waals surface area contributed by atoms with Crippen molar-refractivity contribution in [2.75, 3.05) is 6.54 Å². The van der Waals surface area contributed by atoms with Gasteiger partial charge in [-0.3, -0.25) is 0 Å². The van der Waals surface area contributed by atoms with E-state index in [1.54, 1.807) is 6.07 Å². The number of nitrogens with zero attached hydrogens (tertiary/aromatic N) is 2. The molecular formula is C10H13N3O5. The van der Waals surface area contributed by atoms with Gasteiger partial charge in [-0.2, -0.15) is 0 Å². The second-order valence-electron chi connectivity index (χ2n) is 4.03. The Balaban J connectivity index is 1.93. The summed E-state index contributed by atoms with van der Waals surface area (Å²) in [6.07, 6.45) is 0.689. The minimum atomic E-state index is -1.12. The summed E-state index contributed by atoms with van der Waals surface area (Å²) in [6, 6.07) is 0.0541. The van der Waals surface area contributed by atoms with Gasteiger partial charge in [0.2, 0.25) is 0 Å². The first-order valence-electron chi connectivity index (χ1n) is 5.43. The van der Waals surface area contributed by atoms with E-state index in [4.69, 9.17) is 9.63 Å². The number of carbonyl (C=O) groups excluding carboxylic acids is 1. The molecule has 2 amide bonds. The summed E-state index contributed by atoms with van der Waals surface area (Å²) in [4.78, 5) is 23.8. The SMILES string of the molecule is O=C(O)[C@H]1C[C@@H](O)CN1C(=O)NCc1ccno1. The molecule has 0 saturated carbocycles. The number of aliphatic hydroxyl groups is 1. The van der Waals surface area contributed by atoms with Crippen LogP contribution in [-0.4, -0.2) is 51.0 Å². The lowest BCUT2D eigenvalue weighted by Crippen LogP contribution is -2.45. The average Bonchev–Trinajstić information content (AvgIpc) is 2.94. The molecule has 0 aromatic carbocycles. The van der Waals surface area contributed by atoms with Gasteiger partial charge in [0.1, 0.15) is 6.04 Å². The van der Waals surface area contributed by atoms with Crippen LogP contribution in [0.2, 0.25) is 0 Å². The van der Waals surface area contributed by atoms with Crippen molar-refractivity contribution in [3.63, 3.8) is 0 Å². The quantitative estimate of drug-likeness (QED) is 0.664. The molecule has 0 radical (unpaired) electrons. The highest BCUT2D eigenvalue weighted by Crippen LogP contribution is 2.18. The van der Waals surface area contributed by atoms with Crippen LogP contribution in [0, 0.1) is 0 Å². The van der Waals surface area contributed by atoms with E-state index in [0.717, 1.165) is 4.90 Å². The lowest BCUT2D eigenvalue weighted by molar-refractivity contribution is -0.141. The van der Waals surface area contributed by atoms with Gasteiger partial charge in [-0.05, 0) is 0 Å². The topological polar surface area (TPSA) is 116 Å². The van der Waals surface area contributed by atoms with Crippen LogP contribution >= 0.6 is 0 Å². The Hall–Kier alpha value is -2.09. The number of hydrogen-bond donors (Lipinski definition) is 3. The minimum absolute atomic E-state index is 0.0131. The van der Waals surface area contributed by atoms with Crippen molar-refractivity contribution < 1.29 is 24.3 Å². The van der Waals surface area contributed by atoms with Crippen LogP contribution in [0.3, 0.4) is 0 Å². The fraction of sp³-hybridized carbons (Fsp3) is 0.500. The molecule has 8 heteroatoms. The zero-order valence-electron chi connectivity index (χ0n) is 9.44. The molecule has 2 atom stereocenters. The maximum absolute atomic E-state index is 11.8. The predicted molar refractivity (Wildman–Crippen MR) is 57.5 cm³/mol. The number of carbonyl (C=O) groups is 2. The van der Waals surface area contributed by atoms with Gasteiger partial charge in [0.05, 0.1) is 18.8 Å². The van der Waals surface area contributed by atoms with Gasteiger partial charge in [-0.1, -0.05) is 5.16 Å². The Labute approximate surface area is 102 Å². The molecule has 0 bridgehead atoms. The number of aliphatic carboxylic acids is 1. The zero-order chi connectivity index (χ0) is 13.1. The second-order valence-corrected chi connectivity index (χ2v) is 4.03. The molecule has 1 aromatic heterocycles. The molecule has 1 fully saturated rings. The van der Waals surface area contributed by atoms with E-state index >= 15 is 0 Å². The number of nitrogens with one attached hydrogen (secondary N) is 1. The third-order valence-electron chi connectivity index (χ3n) is 2.73. The zero-order valence-corrected chi connectivity index (χ0v) is 9.44. The molecular weight excluding hydrogens is 242 g/mol. The normalized spacial score (nSPS) is 23.1. The number of hydrogen-bond acceptors (Lipinski definition) is 5. The van der Waals surface area contributed by atoms with Crippen LogP contribution in [0.25, 0.3) is 0 Å². The largest absolute Gasteiger partial charge is 0.480 e. The molecule has 18 heavy (non-hydrogen) atoms. The number of aromatic nitrogens is 1. The Kier molecular flexibility index (Phi) is 3.47. The standard InChI is InChI=1S/C10H13N3O5/c14-6-3-8(9(15)16)13(5-6)10(17)11-4-7-1-2-12-18-7/h1-2,6,8,14H,3-5H2,(H,11,17)(H,15,16)/t6-,8-/m1/s1. The fourth-order valence-corrected chi connectivity index (χ4v) is 1.87. The Morgan fingerprint density at radius 1 is 1.61 bits per heavy atom. The maximum Gasteiger partial charge on any atom is 0.326 e. The van der Waals surface area contributed by atoms with E-state index in [0.29, 0.717) is 5.76 Å². The van der Waals surface area contributed by atoms with Crippen LogP contribution in [0.15, 0.2) is 16.8 Å². The lowest BCUT2D eigenvalue weighted by atomic mass is 10.2. The van der Waals surface area contributed by atoms with Crippen molar-refractivity contribution in [2.45, 2.75) is 25.1 Å². The lowest BCUT2D eigenvalue weighted by Gasteiger charge is -2.21. The highest BCUT2D eigenvalue weighted by atomic mass is 16.5. The Morgan fingerprint density at radius 2 is 2.39 bits per heavy atom. The monoisotopic (exact) mass is 255 g/mol. The van der Waals surface area contributed by atoms with Gasteiger partial charge in [0.15, 0.2) is 5.76 Å². The van der Waals surface area contributed by atoms with Crippen LogP contribution in [0.1, 0.15) is 12.2 Å². The van der Waals surface area contributed by atoms with E-state index in [-0.39, 0.29) is 19.5 Å². The van der Waals surface area contributed by atoms with Gasteiger partial charge < -0.3 is 25.0 Å². The Morgan fingerprint density at radius 3 is 3.00 bits per heavy atom. The molecule has 98 valence electrons. The first kappa shape index (κ1) is 12.4. The molecule has 0 spiro atoms. The molecule has 8 nitrogen and oxygen atoms in total. The third kappa shape index (κ3) is 2.59. The molecule has 0 aliphatic carbocycles. The number of amides is 2.